The second-order valence-corrected chi connectivity index (χ2v) is 5.96. The first kappa shape index (κ1) is 32.1. The third-order valence-corrected chi connectivity index (χ3v) is 4.22. The molecule has 0 atom stereocenters. The van der Waals surface area contributed by atoms with Gasteiger partial charge >= 0.3 is 0 Å². The molecule has 88 valence electrons. The van der Waals surface area contributed by atoms with Gasteiger partial charge in [-0.2, -0.15) is 0 Å². The minimum atomic E-state index is -1.18. The second-order valence-electron chi connectivity index (χ2n) is 5.96. The van der Waals surface area contributed by atoms with E-state index in [1.807, 2.05) is 0 Å². The normalized spacial score (nSPS) is 8.56. The molecule has 0 heterocycles. The molecule has 1 N–H and O–H groups in total. The van der Waals surface area contributed by atoms with Crippen LogP contribution in [0.1, 0.15) is 0 Å². The Kier molecular flexibility index (Phi) is 19.6. The Morgan fingerprint density at radius 3 is 1.12 bits per heavy atom. The van der Waals surface area contributed by atoms with Crippen LogP contribution >= 0.6 is 0 Å². The number of hydrogen-bond donors (Lipinski definition) is 1. The molecule has 0 aromatic carbocycles. The maximum absolute atomic E-state index is 10.2. The van der Waals surface area contributed by atoms with Gasteiger partial charge in [-0.05, 0) is 0 Å². The summed E-state index contributed by atoms with van der Waals surface area (Å²) in [5.41, 5.74) is 0. The summed E-state index contributed by atoms with van der Waals surface area (Å²) >= 11 is 0. The largest absolute Gasteiger partial charge is 0.497 e. The quantitative estimate of drug-likeness (QED) is 0.303. The Bertz CT molecular complexity index is 303. The van der Waals surface area contributed by atoms with Crippen LogP contribution in [0.4, 0.5) is 0 Å². The van der Waals surface area contributed by atoms with Crippen molar-refractivity contribution in [3.63, 3.8) is 0 Å². The van der Waals surface area contributed by atoms with Gasteiger partial charge in [-0.1, -0.05) is 0 Å². The molecule has 0 spiro atoms. The topological polar surface area (TPSA) is 20.2 Å². The van der Waals surface area contributed by atoms with Crippen molar-refractivity contribution < 1.29 is 37.7 Å². The SMILES string of the molecule is [B][B]B([B])B(B(B([B])[B])B([B])[B])B(B([CH2-])O)B(B([B])[B])B([B])[B].[CH3-].[Y]. The molecule has 23 heteroatoms. The van der Waals surface area contributed by atoms with Crippen LogP contribution in [0.25, 0.3) is 0 Å². The summed E-state index contributed by atoms with van der Waals surface area (Å²) in [4.78, 5) is 0. The molecule has 0 aliphatic heterocycles. The van der Waals surface area contributed by atoms with Crippen molar-refractivity contribution in [3.05, 3.63) is 14.2 Å². The summed E-state index contributed by atoms with van der Waals surface area (Å²) in [6.07, 6.45) is -7.48. The van der Waals surface area contributed by atoms with Gasteiger partial charge in [0.25, 0.3) is 0 Å². The van der Waals surface area contributed by atoms with Gasteiger partial charge in [-0.15, -0.1) is 0 Å². The average Bonchev–Trinajstić information content (AvgIpc) is 2.39. The Balaban J connectivity index is -0.00000242. The van der Waals surface area contributed by atoms with Crippen LogP contribution in [0.2, 0.25) is 0 Å². The van der Waals surface area contributed by atoms with Crippen LogP contribution in [0.5, 0.6) is 0 Å². The van der Waals surface area contributed by atoms with Crippen molar-refractivity contribution in [3.8, 4) is 0 Å². The molecule has 0 fully saturated rings. The molecule has 22 radical (unpaired) electrons. The molecule has 0 saturated heterocycles. The summed E-state index contributed by atoms with van der Waals surface area (Å²) < 4.78 is 0. The van der Waals surface area contributed by atoms with E-state index in [9.17, 15) is 5.02 Å². The predicted octanol–water partition coefficient (Wildman–Crippen LogP) is -7.78. The summed E-state index contributed by atoms with van der Waals surface area (Å²) in [6, 6.07) is 0. The Morgan fingerprint density at radius 2 is 0.920 bits per heavy atom. The first-order chi connectivity index (χ1) is 10.5. The van der Waals surface area contributed by atoms with Crippen LogP contribution in [0.15, 0.2) is 0 Å². The van der Waals surface area contributed by atoms with E-state index in [2.05, 4.69) is 6.82 Å². The summed E-state index contributed by atoms with van der Waals surface area (Å²) in [6.45, 7) is 2.44. The molecule has 0 bridgehead atoms. The molecule has 0 aromatic rings. The summed E-state index contributed by atoms with van der Waals surface area (Å²) in [5, 5.41) is 10.2. The van der Waals surface area contributed by atoms with Crippen LogP contribution < -0.4 is 0 Å². The smallest absolute Gasteiger partial charge is 0.0692 e. The van der Waals surface area contributed by atoms with E-state index < -0.39 is 64.3 Å². The summed E-state index contributed by atoms with van der Waals surface area (Å²) in [7, 11) is 59.2. The molecule has 1 nitrogen and oxygen atoms in total. The van der Waals surface area contributed by atoms with Crippen molar-refractivity contribution in [2.24, 2.45) is 0 Å². The Hall–Kier alpha value is 2.43. The number of rotatable bonds is 10. The molecule has 0 amide bonds. The first-order valence-electron chi connectivity index (χ1n) is 7.33. The van der Waals surface area contributed by atoms with Gasteiger partial charge in [0.05, 0.1) is 6.81 Å². The third-order valence-electron chi connectivity index (χ3n) is 4.22. The van der Waals surface area contributed by atoms with Gasteiger partial charge in [0.1, 0.15) is 0 Å². The van der Waals surface area contributed by atoms with Crippen molar-refractivity contribution in [1.29, 1.82) is 0 Å². The molecule has 0 aliphatic carbocycles. The van der Waals surface area contributed by atoms with E-state index in [4.69, 9.17) is 77.4 Å². The molecule has 0 unspecified atom stereocenters. The minimum Gasteiger partial charge on any atom is -0.497 e. The molecule has 0 aromatic heterocycles. The summed E-state index contributed by atoms with van der Waals surface area (Å²) in [5.74, 6) is 0. The molecule has 0 aliphatic rings. The van der Waals surface area contributed by atoms with Gasteiger partial charge in [0, 0.05) is 175 Å². The molecular weight excluding hydrogens is 356 g/mol. The maximum Gasteiger partial charge on any atom is 0.0692 e. The zero-order valence-corrected chi connectivity index (χ0v) is 17.7. The van der Waals surface area contributed by atoms with Crippen molar-refractivity contribution in [1.82, 2.24) is 0 Å². The monoisotopic (exact) mass is 366 g/mol. The fourth-order valence-corrected chi connectivity index (χ4v) is 3.21. The Morgan fingerprint density at radius 1 is 0.640 bits per heavy atom. The van der Waals surface area contributed by atoms with E-state index in [-0.39, 0.29) is 40.1 Å². The second kappa shape index (κ2) is 15.3. The van der Waals surface area contributed by atoms with Gasteiger partial charge in [0.2, 0.25) is 0 Å². The molecular formula is C2H6B21OY-2. The zero-order chi connectivity index (χ0) is 18.5. The number of hydrogen-bond acceptors (Lipinski definition) is 1. The average molecular weight is 362 g/mol. The minimum absolute atomic E-state index is 0. The molecule has 0 rings (SSSR count). The van der Waals surface area contributed by atoms with Crippen LogP contribution in [0.3, 0.4) is 0 Å². The van der Waals surface area contributed by atoms with Crippen molar-refractivity contribution >= 4 is 149 Å². The Labute approximate surface area is 199 Å². The van der Waals surface area contributed by atoms with Crippen molar-refractivity contribution in [2.45, 2.75) is 0 Å². The van der Waals surface area contributed by atoms with E-state index >= 15 is 0 Å². The van der Waals surface area contributed by atoms with Gasteiger partial charge < -0.3 is 19.3 Å². The maximum atomic E-state index is 10.2. The van der Waals surface area contributed by atoms with E-state index in [1.165, 1.54) is 7.06 Å². The van der Waals surface area contributed by atoms with Crippen LogP contribution in [0, 0.1) is 14.2 Å². The van der Waals surface area contributed by atoms with Gasteiger partial charge in [-0.25, -0.2) is 0 Å². The van der Waals surface area contributed by atoms with Crippen molar-refractivity contribution in [2.75, 3.05) is 0 Å². The van der Waals surface area contributed by atoms with Crippen LogP contribution in [-0.4, -0.2) is 154 Å². The van der Waals surface area contributed by atoms with Crippen LogP contribution in [-0.2, 0) is 32.7 Å². The predicted molar refractivity (Wildman–Crippen MR) is 135 cm³/mol. The fraction of sp³-hybridized carbons (Fsp3) is 0. The van der Waals surface area contributed by atoms with E-state index in [0.717, 1.165) is 0 Å². The van der Waals surface area contributed by atoms with E-state index in [0.29, 0.717) is 0 Å². The van der Waals surface area contributed by atoms with Gasteiger partial charge in [0.15, 0.2) is 0 Å². The standard InChI is InChI=1S/CH3B21O.CH3.Y/c1-13(23)19(20(14(3)4)15(5)6)22(18(11)12-2)21(16(7)8)17(9)10;;/h23H,1H2;1H3;/q2*-1;. The van der Waals surface area contributed by atoms with Gasteiger partial charge in [-0.3, -0.25) is 0 Å². The first-order valence-corrected chi connectivity index (χ1v) is 7.33. The van der Waals surface area contributed by atoms with E-state index in [1.54, 1.807) is 0 Å². The molecule has 0 saturated carbocycles. The fourth-order valence-electron chi connectivity index (χ4n) is 3.21. The zero-order valence-electron chi connectivity index (χ0n) is 14.9. The molecule has 25 heavy (non-hydrogen) atoms. The third kappa shape index (κ3) is 9.65.